The molecule has 4 rings (SSSR count). The molecule has 3 heterocycles. The third-order valence-corrected chi connectivity index (χ3v) is 6.25. The van der Waals surface area contributed by atoms with Gasteiger partial charge in [0.15, 0.2) is 0 Å². The highest BCUT2D eigenvalue weighted by molar-refractivity contribution is 6.07. The summed E-state index contributed by atoms with van der Waals surface area (Å²) in [5.41, 5.74) is 1.52. The number of anilines is 1. The van der Waals surface area contributed by atoms with Gasteiger partial charge in [-0.1, -0.05) is 12.1 Å². The molecular weight excluding hydrogens is 466 g/mol. The van der Waals surface area contributed by atoms with Gasteiger partial charge in [-0.05, 0) is 69.5 Å². The quantitative estimate of drug-likeness (QED) is 0.305. The summed E-state index contributed by atoms with van der Waals surface area (Å²) in [4.78, 5) is 54.2. The van der Waals surface area contributed by atoms with E-state index < -0.39 is 36.2 Å². The van der Waals surface area contributed by atoms with E-state index in [-0.39, 0.29) is 23.6 Å². The van der Waals surface area contributed by atoms with Crippen LogP contribution in [0.5, 0.6) is 0 Å². The Morgan fingerprint density at radius 3 is 2.44 bits per heavy atom. The molecule has 0 spiro atoms. The molecule has 1 aromatic carbocycles. The number of aromatic nitrogens is 1. The van der Waals surface area contributed by atoms with Gasteiger partial charge in [0, 0.05) is 11.9 Å². The van der Waals surface area contributed by atoms with Gasteiger partial charge in [-0.25, -0.2) is 4.79 Å². The number of esters is 2. The summed E-state index contributed by atoms with van der Waals surface area (Å²) >= 11 is 0. The second-order valence-electron chi connectivity index (χ2n) is 9.92. The summed E-state index contributed by atoms with van der Waals surface area (Å²) in [6, 6.07) is 9.87. The largest absolute Gasteiger partial charge is 0.427 e. The molecule has 3 N–H and O–H groups in total. The Bertz CT molecular complexity index is 1210. The van der Waals surface area contributed by atoms with Crippen LogP contribution < -0.4 is 5.32 Å². The number of rotatable bonds is 7. The Balaban J connectivity index is 1.55. The Morgan fingerprint density at radius 2 is 1.86 bits per heavy atom. The average molecular weight is 496 g/mol. The maximum atomic E-state index is 13.0. The fraction of sp³-hybridized carbons (Fsp3) is 0.385. The van der Waals surface area contributed by atoms with E-state index in [1.807, 2.05) is 0 Å². The van der Waals surface area contributed by atoms with Crippen molar-refractivity contribution in [2.75, 3.05) is 12.1 Å². The number of carbonyl (C=O) groups is 4. The number of hydrogen-bond donors (Lipinski definition) is 3. The smallest absolute Gasteiger partial charge is 0.358 e. The maximum absolute atomic E-state index is 13.0. The lowest BCUT2D eigenvalue weighted by Crippen LogP contribution is -2.61. The van der Waals surface area contributed by atoms with Gasteiger partial charge in [0.05, 0.1) is 23.5 Å². The van der Waals surface area contributed by atoms with E-state index in [0.29, 0.717) is 28.9 Å². The molecule has 2 amide bonds. The summed E-state index contributed by atoms with van der Waals surface area (Å²) in [5, 5.41) is 12.8. The highest BCUT2D eigenvalue weighted by atomic mass is 16.7. The van der Waals surface area contributed by atoms with Crippen molar-refractivity contribution in [1.82, 2.24) is 9.88 Å². The van der Waals surface area contributed by atoms with Crippen molar-refractivity contribution in [1.29, 1.82) is 0 Å². The summed E-state index contributed by atoms with van der Waals surface area (Å²) < 4.78 is 10.2. The predicted molar refractivity (Wildman–Crippen MR) is 129 cm³/mol. The molecule has 2 aliphatic heterocycles. The number of aliphatic hydroxyl groups excluding tert-OH is 1. The molecule has 36 heavy (non-hydrogen) atoms. The minimum Gasteiger partial charge on any atom is -0.427 e. The average Bonchev–Trinajstić information content (AvgIpc) is 3.45. The highest BCUT2D eigenvalue weighted by Crippen LogP contribution is 2.47. The Kier molecular flexibility index (Phi) is 6.73. The van der Waals surface area contributed by atoms with Crippen LogP contribution in [-0.2, 0) is 23.9 Å². The molecule has 0 aliphatic carbocycles. The van der Waals surface area contributed by atoms with Crippen molar-refractivity contribution >= 4 is 35.0 Å². The van der Waals surface area contributed by atoms with Crippen molar-refractivity contribution in [3.63, 3.8) is 0 Å². The fourth-order valence-corrected chi connectivity index (χ4v) is 4.36. The van der Waals surface area contributed by atoms with Crippen LogP contribution in [0.2, 0.25) is 0 Å². The van der Waals surface area contributed by atoms with Crippen molar-refractivity contribution < 1.29 is 33.8 Å². The van der Waals surface area contributed by atoms with Gasteiger partial charge in [-0.15, -0.1) is 0 Å². The molecule has 1 fully saturated rings. The zero-order valence-corrected chi connectivity index (χ0v) is 20.5. The lowest BCUT2D eigenvalue weighted by molar-refractivity contribution is -0.175. The normalized spacial score (nSPS) is 19.9. The summed E-state index contributed by atoms with van der Waals surface area (Å²) in [5.74, 6) is -2.60. The van der Waals surface area contributed by atoms with Crippen LogP contribution in [0.1, 0.15) is 50.2 Å². The minimum atomic E-state index is -0.867. The van der Waals surface area contributed by atoms with Crippen molar-refractivity contribution in [2.24, 2.45) is 11.3 Å². The monoisotopic (exact) mass is 495 g/mol. The van der Waals surface area contributed by atoms with Gasteiger partial charge in [-0.2, -0.15) is 0 Å². The summed E-state index contributed by atoms with van der Waals surface area (Å²) in [6.45, 7) is 6.00. The number of aromatic amines is 1. The van der Waals surface area contributed by atoms with Crippen LogP contribution in [0.25, 0.3) is 5.57 Å². The van der Waals surface area contributed by atoms with Crippen LogP contribution in [0.15, 0.2) is 48.3 Å². The lowest BCUT2D eigenvalue weighted by atomic mass is 9.82. The van der Waals surface area contributed by atoms with Gasteiger partial charge >= 0.3 is 11.9 Å². The number of nitrogens with zero attached hydrogens (tertiary/aromatic N) is 1. The first-order valence-electron chi connectivity index (χ1n) is 11.6. The number of hydrogen-bond acceptors (Lipinski definition) is 7. The molecule has 2 aromatic rings. The molecule has 0 bridgehead atoms. The van der Waals surface area contributed by atoms with Gasteiger partial charge in [-0.3, -0.25) is 14.4 Å². The van der Waals surface area contributed by atoms with E-state index in [4.69, 9.17) is 9.47 Å². The van der Waals surface area contributed by atoms with E-state index >= 15 is 0 Å². The zero-order valence-electron chi connectivity index (χ0n) is 20.5. The van der Waals surface area contributed by atoms with E-state index in [1.54, 1.807) is 70.3 Å². The highest BCUT2D eigenvalue weighted by Gasteiger charge is 2.57. The Hall–Kier alpha value is -3.92. The molecule has 0 radical (unpaired) electrons. The molecule has 190 valence electrons. The second-order valence-corrected chi connectivity index (χ2v) is 9.92. The van der Waals surface area contributed by atoms with Crippen molar-refractivity contribution in [2.45, 2.75) is 46.3 Å². The molecule has 10 heteroatoms. The first kappa shape index (κ1) is 25.2. The minimum absolute atomic E-state index is 0.0666. The Morgan fingerprint density at radius 1 is 1.17 bits per heavy atom. The Labute approximate surface area is 208 Å². The van der Waals surface area contributed by atoms with Crippen LogP contribution in [0.3, 0.4) is 0 Å². The fourth-order valence-electron chi connectivity index (χ4n) is 4.36. The third kappa shape index (κ3) is 4.76. The second kappa shape index (κ2) is 9.62. The molecule has 3 atom stereocenters. The lowest BCUT2D eigenvalue weighted by Gasteiger charge is -2.44. The number of aliphatic hydroxyl groups is 1. The number of ether oxygens (including phenoxy) is 2. The number of fused-ring (bicyclic) bond motifs is 1. The molecule has 0 saturated carbocycles. The topological polar surface area (TPSA) is 138 Å². The summed E-state index contributed by atoms with van der Waals surface area (Å²) in [7, 11) is 0. The molecule has 1 saturated heterocycles. The van der Waals surface area contributed by atoms with Gasteiger partial charge in [0.25, 0.3) is 5.91 Å². The number of benzene rings is 1. The number of amides is 2. The number of β-lactam (4-membered cyclic amide) rings is 1. The SMILES string of the molecule is C[C@@H](O)[C@H]1C(=O)N2C(C(=O)OCOC(=O)C(C)(C)C)=C(c3ccc(NC(=O)c4ccc[nH]4)cc3)C[C@H]12. The van der Waals surface area contributed by atoms with Gasteiger partial charge in [0.2, 0.25) is 12.7 Å². The first-order valence-corrected chi connectivity index (χ1v) is 11.6. The molecular formula is C26H29N3O7. The number of nitrogens with one attached hydrogen (secondary N) is 2. The van der Waals surface area contributed by atoms with E-state index in [1.165, 1.54) is 4.90 Å². The summed E-state index contributed by atoms with van der Waals surface area (Å²) in [6.07, 6.45) is 1.14. The predicted octanol–water partition coefficient (Wildman–Crippen LogP) is 2.68. The van der Waals surface area contributed by atoms with Crippen LogP contribution >= 0.6 is 0 Å². The number of carbonyl (C=O) groups excluding carboxylic acids is 4. The van der Waals surface area contributed by atoms with Crippen LogP contribution in [-0.4, -0.2) is 57.7 Å². The van der Waals surface area contributed by atoms with E-state index in [2.05, 4.69) is 10.3 Å². The van der Waals surface area contributed by atoms with E-state index in [0.717, 1.165) is 0 Å². The molecule has 0 unspecified atom stereocenters. The van der Waals surface area contributed by atoms with Crippen LogP contribution in [0, 0.1) is 11.3 Å². The first-order chi connectivity index (χ1) is 17.0. The molecule has 10 nitrogen and oxygen atoms in total. The van der Waals surface area contributed by atoms with Crippen molar-refractivity contribution in [3.8, 4) is 0 Å². The standard InChI is InChI=1S/C26H29N3O7/c1-14(30)20-19-12-17(15-7-9-16(10-8-15)28-22(31)18-6-5-11-27-18)21(29(19)23(20)32)24(33)35-13-36-25(34)26(2,3)4/h5-11,14,19-20,27,30H,12-13H2,1-4H3,(H,28,31)/t14-,19-,20-/m1/s1. The van der Waals surface area contributed by atoms with Crippen molar-refractivity contribution in [3.05, 3.63) is 59.5 Å². The van der Waals surface area contributed by atoms with Gasteiger partial charge in [0.1, 0.15) is 11.4 Å². The van der Waals surface area contributed by atoms with Gasteiger partial charge < -0.3 is 29.8 Å². The molecule has 2 aliphatic rings. The molecule has 1 aromatic heterocycles. The third-order valence-electron chi connectivity index (χ3n) is 6.25. The zero-order chi connectivity index (χ0) is 26.2. The number of H-pyrrole nitrogens is 1. The van der Waals surface area contributed by atoms with Crippen LogP contribution in [0.4, 0.5) is 5.69 Å². The van der Waals surface area contributed by atoms with E-state index in [9.17, 15) is 24.3 Å². The maximum Gasteiger partial charge on any atom is 0.358 e.